The van der Waals surface area contributed by atoms with Gasteiger partial charge >= 0.3 is 0 Å². The van der Waals surface area contributed by atoms with Crippen LogP contribution in [-0.2, 0) is 0 Å². The summed E-state index contributed by atoms with van der Waals surface area (Å²) in [5.74, 6) is -1.04. The van der Waals surface area contributed by atoms with Crippen LogP contribution in [0.1, 0.15) is 19.8 Å². The Kier molecular flexibility index (Phi) is 2.99. The minimum atomic E-state index is -0.673. The van der Waals surface area contributed by atoms with Crippen molar-refractivity contribution in [3.8, 4) is 5.75 Å². The molecule has 1 aliphatic carbocycles. The van der Waals surface area contributed by atoms with Crippen LogP contribution in [0.25, 0.3) is 0 Å². The molecule has 88 valence electrons. The molecule has 1 aliphatic rings. The highest BCUT2D eigenvalue weighted by Crippen LogP contribution is 2.34. The maximum atomic E-state index is 13.4. The molecule has 1 saturated carbocycles. The fourth-order valence-electron chi connectivity index (χ4n) is 1.82. The van der Waals surface area contributed by atoms with Gasteiger partial charge in [-0.05, 0) is 25.7 Å². The van der Waals surface area contributed by atoms with Gasteiger partial charge in [0, 0.05) is 23.9 Å². The molecule has 1 aromatic rings. The van der Waals surface area contributed by atoms with E-state index in [-0.39, 0.29) is 11.8 Å². The molecule has 1 atom stereocenters. The van der Waals surface area contributed by atoms with Crippen LogP contribution < -0.4 is 10.1 Å². The Balaban J connectivity index is 2.15. The second kappa shape index (κ2) is 4.28. The second-order valence-corrected chi connectivity index (χ2v) is 4.24. The molecule has 0 amide bonds. The number of anilines is 1. The third kappa shape index (κ3) is 2.26. The normalized spacial score (nSPS) is 17.0. The van der Waals surface area contributed by atoms with Gasteiger partial charge in [-0.25, -0.2) is 8.78 Å². The summed E-state index contributed by atoms with van der Waals surface area (Å²) in [4.78, 5) is 0. The predicted molar refractivity (Wildman–Crippen MR) is 58.7 cm³/mol. The molecule has 16 heavy (non-hydrogen) atoms. The third-order valence-corrected chi connectivity index (χ3v) is 2.93. The van der Waals surface area contributed by atoms with Crippen molar-refractivity contribution in [3.63, 3.8) is 0 Å². The van der Waals surface area contributed by atoms with Gasteiger partial charge in [-0.15, -0.1) is 0 Å². The van der Waals surface area contributed by atoms with Gasteiger partial charge in [-0.1, -0.05) is 0 Å². The van der Waals surface area contributed by atoms with Gasteiger partial charge in [0.2, 0.25) is 0 Å². The smallest absolute Gasteiger partial charge is 0.190 e. The quantitative estimate of drug-likeness (QED) is 0.853. The number of halogens is 2. The molecular formula is C12H15F2NO. The van der Waals surface area contributed by atoms with E-state index in [0.29, 0.717) is 11.6 Å². The molecule has 0 aliphatic heterocycles. The van der Waals surface area contributed by atoms with Crippen LogP contribution in [0.2, 0.25) is 0 Å². The van der Waals surface area contributed by atoms with Gasteiger partial charge in [0.1, 0.15) is 0 Å². The predicted octanol–water partition coefficient (Wildman–Crippen LogP) is 3.18. The maximum Gasteiger partial charge on any atom is 0.190 e. The van der Waals surface area contributed by atoms with Gasteiger partial charge < -0.3 is 10.1 Å². The van der Waals surface area contributed by atoms with Crippen LogP contribution in [0, 0.1) is 17.6 Å². The number of nitrogens with one attached hydrogen (secondary N) is 1. The first-order chi connectivity index (χ1) is 7.61. The van der Waals surface area contributed by atoms with E-state index >= 15 is 0 Å². The molecule has 0 spiro atoms. The molecule has 0 aromatic heterocycles. The van der Waals surface area contributed by atoms with Gasteiger partial charge in [0.25, 0.3) is 0 Å². The van der Waals surface area contributed by atoms with Crippen LogP contribution in [-0.4, -0.2) is 13.2 Å². The Hall–Kier alpha value is -1.32. The Bertz CT molecular complexity index is 368. The van der Waals surface area contributed by atoms with Crippen molar-refractivity contribution in [2.45, 2.75) is 25.8 Å². The first-order valence-electron chi connectivity index (χ1n) is 5.41. The minimum absolute atomic E-state index is 0.257. The average molecular weight is 227 g/mol. The maximum absolute atomic E-state index is 13.4. The summed E-state index contributed by atoms with van der Waals surface area (Å²) in [7, 11) is 1.25. The number of ether oxygens (including phenoxy) is 1. The van der Waals surface area contributed by atoms with E-state index < -0.39 is 11.6 Å². The van der Waals surface area contributed by atoms with E-state index in [2.05, 4.69) is 10.1 Å². The summed E-state index contributed by atoms with van der Waals surface area (Å²) in [6.07, 6.45) is 2.38. The molecular weight excluding hydrogens is 212 g/mol. The van der Waals surface area contributed by atoms with Crippen LogP contribution in [0.4, 0.5) is 14.5 Å². The minimum Gasteiger partial charge on any atom is -0.491 e. The lowest BCUT2D eigenvalue weighted by Gasteiger charge is -2.15. The molecule has 0 saturated heterocycles. The molecule has 2 nitrogen and oxygen atoms in total. The molecule has 1 unspecified atom stereocenters. The summed E-state index contributed by atoms with van der Waals surface area (Å²) < 4.78 is 31.4. The van der Waals surface area contributed by atoms with Crippen LogP contribution >= 0.6 is 0 Å². The monoisotopic (exact) mass is 227 g/mol. The summed E-state index contributed by atoms with van der Waals surface area (Å²) in [6, 6.07) is 2.79. The summed E-state index contributed by atoms with van der Waals surface area (Å²) in [5, 5.41) is 3.10. The van der Waals surface area contributed by atoms with E-state index in [0.717, 1.165) is 0 Å². The molecule has 1 aromatic carbocycles. The first-order valence-corrected chi connectivity index (χ1v) is 5.41. The van der Waals surface area contributed by atoms with Crippen LogP contribution in [0.3, 0.4) is 0 Å². The zero-order valence-electron chi connectivity index (χ0n) is 9.39. The Morgan fingerprint density at radius 3 is 2.31 bits per heavy atom. The zero-order chi connectivity index (χ0) is 11.7. The van der Waals surface area contributed by atoms with Crippen LogP contribution in [0.5, 0.6) is 5.75 Å². The molecule has 2 rings (SSSR count). The average Bonchev–Trinajstić information content (AvgIpc) is 2.99. The highest BCUT2D eigenvalue weighted by atomic mass is 19.1. The number of hydrogen-bond donors (Lipinski definition) is 1. The summed E-state index contributed by atoms with van der Waals surface area (Å²) in [5.41, 5.74) is 0.468. The van der Waals surface area contributed by atoms with Crippen molar-refractivity contribution >= 4 is 5.69 Å². The molecule has 4 heteroatoms. The SMILES string of the molecule is COc1c(F)cc(NC(C)C2CC2)cc1F. The highest BCUT2D eigenvalue weighted by Gasteiger charge is 2.28. The largest absolute Gasteiger partial charge is 0.491 e. The molecule has 1 N–H and O–H groups in total. The van der Waals surface area contributed by atoms with Crippen molar-refractivity contribution in [2.75, 3.05) is 12.4 Å². The van der Waals surface area contributed by atoms with E-state index in [4.69, 9.17) is 0 Å². The topological polar surface area (TPSA) is 21.3 Å². The Morgan fingerprint density at radius 1 is 1.31 bits per heavy atom. The fraction of sp³-hybridized carbons (Fsp3) is 0.500. The number of rotatable bonds is 4. The molecule has 0 heterocycles. The van der Waals surface area contributed by atoms with Gasteiger partial charge in [-0.2, -0.15) is 0 Å². The van der Waals surface area contributed by atoms with Crippen molar-refractivity contribution in [2.24, 2.45) is 5.92 Å². The zero-order valence-corrected chi connectivity index (χ0v) is 9.39. The number of methoxy groups -OCH3 is 1. The van der Waals surface area contributed by atoms with Crippen molar-refractivity contribution in [3.05, 3.63) is 23.8 Å². The van der Waals surface area contributed by atoms with E-state index in [9.17, 15) is 8.78 Å². The Morgan fingerprint density at radius 2 is 1.88 bits per heavy atom. The van der Waals surface area contributed by atoms with Gasteiger partial charge in [0.05, 0.1) is 7.11 Å². The Labute approximate surface area is 93.6 Å². The van der Waals surface area contributed by atoms with E-state index in [1.165, 1.54) is 32.1 Å². The van der Waals surface area contributed by atoms with E-state index in [1.54, 1.807) is 0 Å². The summed E-state index contributed by atoms with van der Waals surface area (Å²) >= 11 is 0. The lowest BCUT2D eigenvalue weighted by Crippen LogP contribution is -2.17. The third-order valence-electron chi connectivity index (χ3n) is 2.93. The fourth-order valence-corrected chi connectivity index (χ4v) is 1.82. The molecule has 0 bridgehead atoms. The van der Waals surface area contributed by atoms with Crippen molar-refractivity contribution in [1.82, 2.24) is 0 Å². The lowest BCUT2D eigenvalue weighted by atomic mass is 10.2. The second-order valence-electron chi connectivity index (χ2n) is 4.24. The number of benzene rings is 1. The van der Waals surface area contributed by atoms with Crippen LogP contribution in [0.15, 0.2) is 12.1 Å². The summed E-state index contributed by atoms with van der Waals surface area (Å²) in [6.45, 7) is 2.03. The lowest BCUT2D eigenvalue weighted by molar-refractivity contribution is 0.360. The van der Waals surface area contributed by atoms with E-state index in [1.807, 2.05) is 6.92 Å². The standard InChI is InChI=1S/C12H15F2NO/c1-7(8-3-4-8)15-9-5-10(13)12(16-2)11(14)6-9/h5-8,15H,3-4H2,1-2H3. The first kappa shape index (κ1) is 11.2. The van der Waals surface area contributed by atoms with Crippen molar-refractivity contribution in [1.29, 1.82) is 0 Å². The molecule has 1 fully saturated rings. The van der Waals surface area contributed by atoms with Gasteiger partial charge in [0.15, 0.2) is 17.4 Å². The molecule has 0 radical (unpaired) electrons. The van der Waals surface area contributed by atoms with Gasteiger partial charge in [-0.3, -0.25) is 0 Å². The highest BCUT2D eigenvalue weighted by molar-refractivity contribution is 5.49. The van der Waals surface area contributed by atoms with Crippen molar-refractivity contribution < 1.29 is 13.5 Å². The number of hydrogen-bond acceptors (Lipinski definition) is 2.